The Morgan fingerprint density at radius 1 is 1.36 bits per heavy atom. The van der Waals surface area contributed by atoms with E-state index in [2.05, 4.69) is 10.2 Å². The molecule has 0 bridgehead atoms. The van der Waals surface area contributed by atoms with E-state index in [0.29, 0.717) is 52.0 Å². The van der Waals surface area contributed by atoms with Gasteiger partial charge in [0.15, 0.2) is 3.95 Å². The van der Waals surface area contributed by atoms with Crippen LogP contribution in [0.3, 0.4) is 0 Å². The second-order valence-corrected chi connectivity index (χ2v) is 7.71. The van der Waals surface area contributed by atoms with Gasteiger partial charge in [-0.1, -0.05) is 23.5 Å². The fraction of sp³-hybridized carbons (Fsp3) is 0.235. The van der Waals surface area contributed by atoms with Crippen LogP contribution in [0.15, 0.2) is 40.0 Å². The third kappa shape index (κ3) is 3.46. The highest BCUT2D eigenvalue weighted by molar-refractivity contribution is 7.73. The van der Waals surface area contributed by atoms with Crippen molar-refractivity contribution < 1.29 is 14.8 Å². The summed E-state index contributed by atoms with van der Waals surface area (Å²) in [5.74, 6) is 0.0445. The number of nitro benzene ring substituents is 1. The quantitative estimate of drug-likeness (QED) is 0.466. The zero-order chi connectivity index (χ0) is 19.7. The van der Waals surface area contributed by atoms with Crippen LogP contribution in [-0.2, 0) is 4.74 Å². The van der Waals surface area contributed by atoms with Crippen molar-refractivity contribution in [2.24, 2.45) is 10.2 Å². The van der Waals surface area contributed by atoms with Gasteiger partial charge in [-0.2, -0.15) is 5.10 Å². The second kappa shape index (κ2) is 7.62. The summed E-state index contributed by atoms with van der Waals surface area (Å²) in [6.45, 7) is 2.42. The first kappa shape index (κ1) is 18.5. The number of nitro groups is 1. The lowest BCUT2D eigenvalue weighted by Gasteiger charge is -2.29. The minimum absolute atomic E-state index is 0.0246. The van der Waals surface area contributed by atoms with Crippen molar-refractivity contribution >= 4 is 47.2 Å². The van der Waals surface area contributed by atoms with Crippen LogP contribution in [-0.4, -0.2) is 52.9 Å². The highest BCUT2D eigenvalue weighted by atomic mass is 32.1. The molecule has 1 aromatic heterocycles. The smallest absolute Gasteiger partial charge is 0.270 e. The molecule has 1 aromatic carbocycles. The first-order valence-electron chi connectivity index (χ1n) is 8.40. The number of nitrogens with zero attached hydrogens (tertiary/aromatic N) is 5. The summed E-state index contributed by atoms with van der Waals surface area (Å²) in [6.07, 6.45) is 3.29. The monoisotopic (exact) mass is 417 g/mol. The van der Waals surface area contributed by atoms with Gasteiger partial charge in [0.05, 0.1) is 42.3 Å². The van der Waals surface area contributed by atoms with Gasteiger partial charge in [-0.05, 0) is 18.3 Å². The zero-order valence-electron chi connectivity index (χ0n) is 14.5. The Hall–Kier alpha value is -2.89. The third-order valence-electron chi connectivity index (χ3n) is 4.31. The van der Waals surface area contributed by atoms with E-state index in [4.69, 9.17) is 17.0 Å². The van der Waals surface area contributed by atoms with Crippen LogP contribution >= 0.6 is 23.6 Å². The lowest BCUT2D eigenvalue weighted by molar-refractivity contribution is -0.384. The zero-order valence-corrected chi connectivity index (χ0v) is 16.2. The summed E-state index contributed by atoms with van der Waals surface area (Å²) < 4.78 is 7.48. The highest BCUT2D eigenvalue weighted by Crippen LogP contribution is 2.30. The molecule has 0 amide bonds. The van der Waals surface area contributed by atoms with E-state index in [-0.39, 0.29) is 11.6 Å². The van der Waals surface area contributed by atoms with E-state index in [1.807, 2.05) is 5.01 Å². The van der Waals surface area contributed by atoms with Crippen LogP contribution < -0.4 is 5.01 Å². The van der Waals surface area contributed by atoms with Crippen LogP contribution in [0.1, 0.15) is 10.4 Å². The third-order valence-corrected chi connectivity index (χ3v) is 5.60. The maximum absolute atomic E-state index is 11.0. The van der Waals surface area contributed by atoms with Gasteiger partial charge < -0.3 is 14.9 Å². The fourth-order valence-electron chi connectivity index (χ4n) is 2.98. The van der Waals surface area contributed by atoms with Crippen molar-refractivity contribution in [2.45, 2.75) is 0 Å². The molecule has 2 aliphatic heterocycles. The van der Waals surface area contributed by atoms with E-state index in [1.54, 1.807) is 29.1 Å². The summed E-state index contributed by atoms with van der Waals surface area (Å²) in [4.78, 5) is 11.1. The van der Waals surface area contributed by atoms with E-state index < -0.39 is 4.92 Å². The molecule has 0 unspecified atom stereocenters. The second-order valence-electron chi connectivity index (χ2n) is 6.03. The van der Waals surface area contributed by atoms with Gasteiger partial charge in [-0.25, -0.2) is 4.68 Å². The first-order valence-corrected chi connectivity index (χ1v) is 9.63. The molecule has 4 rings (SSSR count). The van der Waals surface area contributed by atoms with Crippen LogP contribution in [0, 0.1) is 14.1 Å². The molecule has 0 saturated carbocycles. The van der Waals surface area contributed by atoms with Crippen LogP contribution in [0.2, 0.25) is 0 Å². The molecule has 1 fully saturated rings. The molecule has 1 saturated heterocycles. The Kier molecular flexibility index (Phi) is 5.03. The molecule has 144 valence electrons. The Morgan fingerprint density at radius 2 is 2.14 bits per heavy atom. The predicted octanol–water partition coefficient (Wildman–Crippen LogP) is 2.73. The maximum Gasteiger partial charge on any atom is 0.270 e. The SMILES string of the molecule is O=[N+]([O-])c1cccc(C2=NN=C/C2=C/c2sc(=S)n(N3CCOCC3)c2O)c1. The molecule has 11 heteroatoms. The number of non-ortho nitro benzene ring substituents is 1. The largest absolute Gasteiger partial charge is 0.492 e. The normalized spacial score (nSPS) is 17.9. The van der Waals surface area contributed by atoms with Crippen molar-refractivity contribution in [3.8, 4) is 5.88 Å². The number of morpholine rings is 1. The molecule has 2 aliphatic rings. The Labute approximate surface area is 168 Å². The minimum Gasteiger partial charge on any atom is -0.492 e. The van der Waals surface area contributed by atoms with Gasteiger partial charge in [-0.3, -0.25) is 10.1 Å². The van der Waals surface area contributed by atoms with Crippen molar-refractivity contribution in [1.82, 2.24) is 4.68 Å². The van der Waals surface area contributed by atoms with Crippen LogP contribution in [0.5, 0.6) is 5.88 Å². The van der Waals surface area contributed by atoms with Gasteiger partial charge in [-0.15, -0.1) is 5.10 Å². The van der Waals surface area contributed by atoms with Crippen molar-refractivity contribution in [3.05, 3.63) is 54.3 Å². The Morgan fingerprint density at radius 3 is 2.89 bits per heavy atom. The molecule has 3 heterocycles. The molecular formula is C17H15N5O4S2. The molecule has 9 nitrogen and oxygen atoms in total. The summed E-state index contributed by atoms with van der Waals surface area (Å²) >= 11 is 6.69. The number of rotatable bonds is 4. The molecule has 28 heavy (non-hydrogen) atoms. The molecule has 0 aliphatic carbocycles. The molecule has 1 N–H and O–H groups in total. The lowest BCUT2D eigenvalue weighted by Crippen LogP contribution is -2.43. The minimum atomic E-state index is -0.455. The van der Waals surface area contributed by atoms with Crippen molar-refractivity contribution in [2.75, 3.05) is 31.3 Å². The molecular weight excluding hydrogens is 402 g/mol. The van der Waals surface area contributed by atoms with Gasteiger partial charge in [0.1, 0.15) is 5.71 Å². The summed E-state index contributed by atoms with van der Waals surface area (Å²) in [7, 11) is 0. The molecule has 0 spiro atoms. The Bertz CT molecular complexity index is 1080. The van der Waals surface area contributed by atoms with Gasteiger partial charge in [0.2, 0.25) is 5.88 Å². The lowest BCUT2D eigenvalue weighted by atomic mass is 10.0. The summed E-state index contributed by atoms with van der Waals surface area (Å²) in [6, 6.07) is 6.20. The van der Waals surface area contributed by atoms with Crippen LogP contribution in [0.25, 0.3) is 6.08 Å². The van der Waals surface area contributed by atoms with Gasteiger partial charge >= 0.3 is 0 Å². The van der Waals surface area contributed by atoms with E-state index in [1.165, 1.54) is 23.5 Å². The van der Waals surface area contributed by atoms with E-state index >= 15 is 0 Å². The van der Waals surface area contributed by atoms with E-state index in [9.17, 15) is 15.2 Å². The van der Waals surface area contributed by atoms with Crippen molar-refractivity contribution in [3.63, 3.8) is 0 Å². The Balaban J connectivity index is 1.68. The molecule has 0 radical (unpaired) electrons. The molecule has 0 atom stereocenters. The molecule has 2 aromatic rings. The summed E-state index contributed by atoms with van der Waals surface area (Å²) in [5, 5.41) is 31.7. The van der Waals surface area contributed by atoms with E-state index in [0.717, 1.165) is 0 Å². The number of ether oxygens (including phenoxy) is 1. The standard InChI is InChI=1S/C17H15N5O4S2/c23-16-14(28-17(27)21(16)20-4-6-26-7-5-20)9-12-10-18-19-15(12)11-2-1-3-13(8-11)22(24)25/h1-3,8-10,23H,4-7H2/b12-9-. The predicted molar refractivity (Wildman–Crippen MR) is 110 cm³/mol. The van der Waals surface area contributed by atoms with Crippen LogP contribution in [0.4, 0.5) is 5.69 Å². The topological polar surface area (TPSA) is 105 Å². The fourth-order valence-corrected chi connectivity index (χ4v) is 4.29. The average molecular weight is 417 g/mol. The van der Waals surface area contributed by atoms with Crippen molar-refractivity contribution in [1.29, 1.82) is 0 Å². The summed E-state index contributed by atoms with van der Waals surface area (Å²) in [5.41, 5.74) is 1.69. The number of hydrogen-bond acceptors (Lipinski definition) is 9. The van der Waals surface area contributed by atoms with Gasteiger partial charge in [0.25, 0.3) is 5.69 Å². The number of benzene rings is 1. The number of thiazole rings is 1. The number of aromatic hydroxyl groups is 1. The number of allylic oxidation sites excluding steroid dienone is 1. The highest BCUT2D eigenvalue weighted by Gasteiger charge is 2.21. The number of hydrogen-bond donors (Lipinski definition) is 1. The first-order chi connectivity index (χ1) is 13.5. The number of aromatic nitrogens is 1. The van der Waals surface area contributed by atoms with Gasteiger partial charge in [0, 0.05) is 23.3 Å². The average Bonchev–Trinajstić information content (AvgIpc) is 3.27. The maximum atomic E-state index is 11.0.